The van der Waals surface area contributed by atoms with Gasteiger partial charge in [0.15, 0.2) is 0 Å². The lowest BCUT2D eigenvalue weighted by molar-refractivity contribution is -0.135. The Morgan fingerprint density at radius 1 is 1.47 bits per heavy atom. The van der Waals surface area contributed by atoms with Crippen LogP contribution in [0.4, 0.5) is 0 Å². The van der Waals surface area contributed by atoms with Crippen LogP contribution in [-0.2, 0) is 22.5 Å². The van der Waals surface area contributed by atoms with E-state index in [1.54, 1.807) is 0 Å². The number of ether oxygens (including phenoxy) is 1. The predicted octanol–water partition coefficient (Wildman–Crippen LogP) is 1.13. The van der Waals surface area contributed by atoms with Crippen LogP contribution >= 0.6 is 0 Å². The summed E-state index contributed by atoms with van der Waals surface area (Å²) in [7, 11) is 0. The van der Waals surface area contributed by atoms with Crippen LogP contribution < -0.4 is 5.32 Å². The lowest BCUT2D eigenvalue weighted by Crippen LogP contribution is -2.41. The summed E-state index contributed by atoms with van der Waals surface area (Å²) in [6.07, 6.45) is 8.76. The molecule has 5 heteroatoms. The summed E-state index contributed by atoms with van der Waals surface area (Å²) in [5.74, 6) is 1.70. The SMILES string of the molecule is O=C(NC[C@@H]1CCn2ccnc2C1)[C@H]1CCCCO1. The average Bonchev–Trinajstić information content (AvgIpc) is 2.93. The fourth-order valence-corrected chi connectivity index (χ4v) is 2.90. The van der Waals surface area contributed by atoms with E-state index in [4.69, 9.17) is 4.74 Å². The van der Waals surface area contributed by atoms with Gasteiger partial charge in [-0.1, -0.05) is 0 Å². The van der Waals surface area contributed by atoms with Crippen LogP contribution in [0.15, 0.2) is 12.4 Å². The van der Waals surface area contributed by atoms with Crippen molar-refractivity contribution in [2.24, 2.45) is 5.92 Å². The second kappa shape index (κ2) is 5.74. The number of nitrogens with zero attached hydrogens (tertiary/aromatic N) is 2. The monoisotopic (exact) mass is 263 g/mol. The zero-order chi connectivity index (χ0) is 13.1. The lowest BCUT2D eigenvalue weighted by Gasteiger charge is -2.26. The zero-order valence-electron chi connectivity index (χ0n) is 11.2. The van der Waals surface area contributed by atoms with Gasteiger partial charge in [0, 0.05) is 38.5 Å². The molecule has 3 heterocycles. The van der Waals surface area contributed by atoms with Crippen molar-refractivity contribution in [1.82, 2.24) is 14.9 Å². The number of aryl methyl sites for hydroxylation is 1. The molecule has 1 fully saturated rings. The first-order chi connectivity index (χ1) is 9.33. The van der Waals surface area contributed by atoms with Gasteiger partial charge >= 0.3 is 0 Å². The second-order valence-electron chi connectivity index (χ2n) is 5.50. The van der Waals surface area contributed by atoms with E-state index in [0.29, 0.717) is 5.92 Å². The molecule has 5 nitrogen and oxygen atoms in total. The molecule has 19 heavy (non-hydrogen) atoms. The Hall–Kier alpha value is -1.36. The predicted molar refractivity (Wildman–Crippen MR) is 70.6 cm³/mol. The van der Waals surface area contributed by atoms with Gasteiger partial charge in [0.05, 0.1) is 0 Å². The Bertz CT molecular complexity index is 438. The molecule has 2 aliphatic heterocycles. The quantitative estimate of drug-likeness (QED) is 0.889. The number of fused-ring (bicyclic) bond motifs is 1. The number of imidazole rings is 1. The summed E-state index contributed by atoms with van der Waals surface area (Å²) in [4.78, 5) is 16.3. The third kappa shape index (κ3) is 2.97. The molecule has 0 radical (unpaired) electrons. The van der Waals surface area contributed by atoms with Gasteiger partial charge in [0.2, 0.25) is 5.91 Å². The number of rotatable bonds is 3. The molecule has 1 aromatic rings. The maximum absolute atomic E-state index is 12.0. The fourth-order valence-electron chi connectivity index (χ4n) is 2.90. The van der Waals surface area contributed by atoms with Crippen LogP contribution in [0.1, 0.15) is 31.5 Å². The molecule has 0 aliphatic carbocycles. The minimum atomic E-state index is -0.223. The molecule has 0 spiro atoms. The third-order valence-electron chi connectivity index (χ3n) is 4.09. The van der Waals surface area contributed by atoms with E-state index < -0.39 is 0 Å². The third-order valence-corrected chi connectivity index (χ3v) is 4.09. The van der Waals surface area contributed by atoms with Crippen molar-refractivity contribution in [2.45, 2.75) is 44.8 Å². The zero-order valence-corrected chi connectivity index (χ0v) is 11.2. The van der Waals surface area contributed by atoms with Gasteiger partial charge in [0.1, 0.15) is 11.9 Å². The van der Waals surface area contributed by atoms with E-state index in [0.717, 1.165) is 57.6 Å². The largest absolute Gasteiger partial charge is 0.368 e. The Morgan fingerprint density at radius 3 is 3.26 bits per heavy atom. The molecule has 2 aliphatic rings. The van der Waals surface area contributed by atoms with Crippen molar-refractivity contribution >= 4 is 5.91 Å². The van der Waals surface area contributed by atoms with Gasteiger partial charge in [-0.2, -0.15) is 0 Å². The molecule has 1 N–H and O–H groups in total. The Morgan fingerprint density at radius 2 is 2.42 bits per heavy atom. The molecular weight excluding hydrogens is 242 g/mol. The summed E-state index contributed by atoms with van der Waals surface area (Å²) >= 11 is 0. The molecule has 0 unspecified atom stereocenters. The van der Waals surface area contributed by atoms with Crippen molar-refractivity contribution < 1.29 is 9.53 Å². The molecule has 0 aromatic carbocycles. The van der Waals surface area contributed by atoms with E-state index >= 15 is 0 Å². The first-order valence-electron chi connectivity index (χ1n) is 7.22. The maximum Gasteiger partial charge on any atom is 0.249 e. The van der Waals surface area contributed by atoms with Crippen molar-refractivity contribution in [3.05, 3.63) is 18.2 Å². The summed E-state index contributed by atoms with van der Waals surface area (Å²) in [5, 5.41) is 3.04. The van der Waals surface area contributed by atoms with Crippen LogP contribution in [0.2, 0.25) is 0 Å². The Labute approximate surface area is 113 Å². The minimum absolute atomic E-state index is 0.0635. The number of nitrogens with one attached hydrogen (secondary N) is 1. The highest BCUT2D eigenvalue weighted by molar-refractivity contribution is 5.80. The van der Waals surface area contributed by atoms with E-state index in [1.165, 1.54) is 0 Å². The van der Waals surface area contributed by atoms with Crippen molar-refractivity contribution in [2.75, 3.05) is 13.2 Å². The standard InChI is InChI=1S/C14H21N3O2/c18-14(12-3-1-2-8-19-12)16-10-11-4-6-17-7-5-15-13(17)9-11/h5,7,11-12H,1-4,6,8-10H2,(H,16,18)/t11-,12-/m1/s1. The number of aromatic nitrogens is 2. The summed E-state index contributed by atoms with van der Waals surface area (Å²) < 4.78 is 7.69. The molecule has 1 saturated heterocycles. The van der Waals surface area contributed by atoms with E-state index in [1.807, 2.05) is 12.4 Å². The highest BCUT2D eigenvalue weighted by Crippen LogP contribution is 2.18. The van der Waals surface area contributed by atoms with Gasteiger partial charge in [-0.3, -0.25) is 4.79 Å². The van der Waals surface area contributed by atoms with Gasteiger partial charge in [-0.15, -0.1) is 0 Å². The molecule has 3 rings (SSSR count). The highest BCUT2D eigenvalue weighted by Gasteiger charge is 2.24. The Kier molecular flexibility index (Phi) is 3.82. The van der Waals surface area contributed by atoms with Crippen LogP contribution in [-0.4, -0.2) is 34.7 Å². The van der Waals surface area contributed by atoms with Crippen molar-refractivity contribution in [3.63, 3.8) is 0 Å². The number of carbonyl (C=O) groups excluding carboxylic acids is 1. The minimum Gasteiger partial charge on any atom is -0.368 e. The molecule has 2 atom stereocenters. The van der Waals surface area contributed by atoms with Gasteiger partial charge in [-0.25, -0.2) is 4.98 Å². The van der Waals surface area contributed by atoms with Crippen LogP contribution in [0.3, 0.4) is 0 Å². The average molecular weight is 263 g/mol. The highest BCUT2D eigenvalue weighted by atomic mass is 16.5. The van der Waals surface area contributed by atoms with Crippen LogP contribution in [0.5, 0.6) is 0 Å². The smallest absolute Gasteiger partial charge is 0.249 e. The van der Waals surface area contributed by atoms with Crippen molar-refractivity contribution in [3.8, 4) is 0 Å². The first kappa shape index (κ1) is 12.7. The molecule has 0 saturated carbocycles. The van der Waals surface area contributed by atoms with E-state index in [2.05, 4.69) is 14.9 Å². The summed E-state index contributed by atoms with van der Waals surface area (Å²) in [6, 6.07) is 0. The van der Waals surface area contributed by atoms with Gasteiger partial charge < -0.3 is 14.6 Å². The number of hydrogen-bond acceptors (Lipinski definition) is 3. The van der Waals surface area contributed by atoms with Crippen LogP contribution in [0, 0.1) is 5.92 Å². The normalized spacial score (nSPS) is 26.7. The summed E-state index contributed by atoms with van der Waals surface area (Å²) in [6.45, 7) is 2.47. The summed E-state index contributed by atoms with van der Waals surface area (Å²) in [5.41, 5.74) is 0. The van der Waals surface area contributed by atoms with Gasteiger partial charge in [0.25, 0.3) is 0 Å². The first-order valence-corrected chi connectivity index (χ1v) is 7.22. The van der Waals surface area contributed by atoms with E-state index in [9.17, 15) is 4.79 Å². The van der Waals surface area contributed by atoms with E-state index in [-0.39, 0.29) is 12.0 Å². The Balaban J connectivity index is 1.46. The number of amides is 1. The lowest BCUT2D eigenvalue weighted by atomic mass is 9.97. The fraction of sp³-hybridized carbons (Fsp3) is 0.714. The van der Waals surface area contributed by atoms with Gasteiger partial charge in [-0.05, 0) is 31.6 Å². The maximum atomic E-state index is 12.0. The van der Waals surface area contributed by atoms with Crippen molar-refractivity contribution in [1.29, 1.82) is 0 Å². The molecule has 1 amide bonds. The van der Waals surface area contributed by atoms with Crippen LogP contribution in [0.25, 0.3) is 0 Å². The second-order valence-corrected chi connectivity index (χ2v) is 5.50. The number of hydrogen-bond donors (Lipinski definition) is 1. The molecule has 104 valence electrons. The molecule has 0 bridgehead atoms. The molecule has 1 aromatic heterocycles. The number of carbonyl (C=O) groups is 1. The topological polar surface area (TPSA) is 56.2 Å². The molecular formula is C14H21N3O2.